The van der Waals surface area contributed by atoms with Crippen LogP contribution in [0.25, 0.3) is 11.3 Å². The molecule has 2 aliphatic heterocycles. The van der Waals surface area contributed by atoms with Crippen LogP contribution in [0.3, 0.4) is 0 Å². The van der Waals surface area contributed by atoms with E-state index in [4.69, 9.17) is 21.4 Å². The fourth-order valence-corrected chi connectivity index (χ4v) is 4.64. The van der Waals surface area contributed by atoms with Crippen LogP contribution in [0.4, 0.5) is 35.4 Å². The number of fused-ring (bicyclic) bond motifs is 4. The molecule has 3 N–H and O–H groups in total. The van der Waals surface area contributed by atoms with Crippen molar-refractivity contribution in [2.75, 3.05) is 41.4 Å². The molecule has 14 heteroatoms. The number of hydrogen-bond acceptors (Lipinski definition) is 8. The lowest BCUT2D eigenvalue weighted by Crippen LogP contribution is -2.48. The Morgan fingerprint density at radius 3 is 2.74 bits per heavy atom. The normalized spacial score (nSPS) is 17.3. The molecule has 1 fully saturated rings. The van der Waals surface area contributed by atoms with E-state index in [1.165, 1.54) is 29.4 Å². The molecule has 10 nitrogen and oxygen atoms in total. The Balaban J connectivity index is 1.43. The van der Waals surface area contributed by atoms with Crippen LogP contribution >= 0.6 is 11.6 Å². The van der Waals surface area contributed by atoms with Gasteiger partial charge in [0.2, 0.25) is 5.95 Å². The summed E-state index contributed by atoms with van der Waals surface area (Å²) in [6.45, 7) is 0.586. The van der Waals surface area contributed by atoms with Gasteiger partial charge in [0, 0.05) is 18.7 Å². The number of rotatable bonds is 6. The number of anilines is 3. The number of nitrogens with zero attached hydrogens (tertiary/aromatic N) is 5. The van der Waals surface area contributed by atoms with Gasteiger partial charge in [-0.2, -0.15) is 13.2 Å². The molecule has 1 aromatic carbocycles. The highest BCUT2D eigenvalue weighted by atomic mass is 35.5. The largest absolute Gasteiger partial charge is 0.488 e. The lowest BCUT2D eigenvalue weighted by Gasteiger charge is -2.36. The molecule has 2 atom stereocenters. The van der Waals surface area contributed by atoms with E-state index in [-0.39, 0.29) is 46.4 Å². The topological polar surface area (TPSA) is 124 Å². The maximum atomic E-state index is 13.4. The van der Waals surface area contributed by atoms with Crippen molar-refractivity contribution in [3.8, 4) is 17.0 Å². The zero-order valence-electron chi connectivity index (χ0n) is 19.7. The summed E-state index contributed by atoms with van der Waals surface area (Å²) in [5.41, 5.74) is 0.0620. The molecular weight excluding hydrogens is 529 g/mol. The molecule has 2 aliphatic rings. The van der Waals surface area contributed by atoms with Gasteiger partial charge in [-0.15, -0.1) is 0 Å². The second-order valence-electron chi connectivity index (χ2n) is 8.82. The zero-order valence-corrected chi connectivity index (χ0v) is 20.4. The number of carbonyl (C=O) groups is 1. The number of nitrogens with one attached hydrogen (secondary N) is 1. The smallest absolute Gasteiger partial charge is 0.416 e. The highest BCUT2D eigenvalue weighted by Crippen LogP contribution is 2.43. The molecule has 200 valence electrons. The summed E-state index contributed by atoms with van der Waals surface area (Å²) in [7, 11) is 0. The van der Waals surface area contributed by atoms with Crippen LogP contribution in [0.15, 0.2) is 42.7 Å². The molecule has 1 unspecified atom stereocenters. The van der Waals surface area contributed by atoms with Gasteiger partial charge in [0.1, 0.15) is 12.7 Å². The molecule has 3 aromatic rings. The zero-order chi connectivity index (χ0) is 27.0. The molecule has 2 amide bonds. The van der Waals surface area contributed by atoms with Crippen LogP contribution < -0.4 is 19.9 Å². The molecule has 2 aromatic heterocycles. The second kappa shape index (κ2) is 10.2. The van der Waals surface area contributed by atoms with Gasteiger partial charge in [-0.3, -0.25) is 10.2 Å². The number of aliphatic hydroxyl groups excluding tert-OH is 2. The van der Waals surface area contributed by atoms with Gasteiger partial charge in [0.05, 0.1) is 47.0 Å². The van der Waals surface area contributed by atoms with Crippen molar-refractivity contribution in [3.63, 3.8) is 0 Å². The molecule has 38 heavy (non-hydrogen) atoms. The van der Waals surface area contributed by atoms with E-state index < -0.39 is 30.5 Å². The number of alkyl halides is 3. The predicted octanol–water partition coefficient (Wildman–Crippen LogP) is 3.57. The Labute approximate surface area is 219 Å². The summed E-state index contributed by atoms with van der Waals surface area (Å²) < 4.78 is 45.2. The van der Waals surface area contributed by atoms with Crippen molar-refractivity contribution < 1.29 is 32.9 Å². The van der Waals surface area contributed by atoms with Gasteiger partial charge in [-0.05, 0) is 24.6 Å². The standard InChI is InChI=1S/C24H22ClF3N6O4/c25-18-7-19-21(31-20(18)13-2-1-3-14(6-13)24(26,27)28)34(15-4-5-33(19)10-15)23(37)32-22-29-8-17(9-30-22)38-12-16(36)11-35/h1-3,6-9,15-16,35-36H,4-5,10-12H2,(H,29,30,32,37)/t15-,16?/m0/s1. The molecular formula is C24H22ClF3N6O4. The minimum atomic E-state index is -4.54. The van der Waals surface area contributed by atoms with Crippen molar-refractivity contribution >= 4 is 35.1 Å². The number of halogens is 4. The van der Waals surface area contributed by atoms with Crippen molar-refractivity contribution in [1.82, 2.24) is 15.0 Å². The van der Waals surface area contributed by atoms with Gasteiger partial charge < -0.3 is 19.8 Å². The lowest BCUT2D eigenvalue weighted by atomic mass is 10.1. The van der Waals surface area contributed by atoms with Crippen LogP contribution in [0.5, 0.6) is 5.75 Å². The Morgan fingerprint density at radius 1 is 1.26 bits per heavy atom. The molecule has 5 rings (SSSR count). The summed E-state index contributed by atoms with van der Waals surface area (Å²) >= 11 is 6.47. The van der Waals surface area contributed by atoms with Gasteiger partial charge >= 0.3 is 12.2 Å². The number of aromatic nitrogens is 3. The fourth-order valence-electron chi connectivity index (χ4n) is 4.39. The number of ether oxygens (including phenoxy) is 1. The lowest BCUT2D eigenvalue weighted by molar-refractivity contribution is -0.137. The van der Waals surface area contributed by atoms with Crippen LogP contribution in [-0.2, 0) is 6.18 Å². The van der Waals surface area contributed by atoms with Crippen LogP contribution in [0.2, 0.25) is 5.02 Å². The number of aliphatic hydroxyl groups is 2. The Kier molecular flexibility index (Phi) is 6.99. The fraction of sp³-hybridized carbons (Fsp3) is 0.333. The molecule has 0 saturated carbocycles. The van der Waals surface area contributed by atoms with Crippen LogP contribution in [0.1, 0.15) is 12.0 Å². The second-order valence-corrected chi connectivity index (χ2v) is 9.23. The third-order valence-electron chi connectivity index (χ3n) is 6.22. The van der Waals surface area contributed by atoms with Crippen LogP contribution in [0, 0.1) is 0 Å². The first-order valence-electron chi connectivity index (χ1n) is 11.6. The molecule has 0 aliphatic carbocycles. The molecule has 2 bridgehead atoms. The molecule has 4 heterocycles. The minimum Gasteiger partial charge on any atom is -0.488 e. The SMILES string of the molecule is O=C(Nc1ncc(OCC(O)CO)cn1)N1c2nc(-c3cccc(C(F)(F)F)c3)c(Cl)cc2N2CC[C@H]1C2. The van der Waals surface area contributed by atoms with E-state index in [1.54, 1.807) is 6.07 Å². The first-order valence-corrected chi connectivity index (χ1v) is 12.0. The first-order chi connectivity index (χ1) is 18.1. The number of amides is 2. The highest BCUT2D eigenvalue weighted by molar-refractivity contribution is 6.33. The Bertz CT molecular complexity index is 1340. The summed E-state index contributed by atoms with van der Waals surface area (Å²) in [4.78, 5) is 29.5. The molecule has 0 spiro atoms. The van der Waals surface area contributed by atoms with Crippen molar-refractivity contribution in [3.05, 3.63) is 53.3 Å². The Hall–Kier alpha value is -3.68. The maximum absolute atomic E-state index is 13.4. The van der Waals surface area contributed by atoms with E-state index in [9.17, 15) is 23.1 Å². The van der Waals surface area contributed by atoms with Gasteiger partial charge in [0.15, 0.2) is 11.6 Å². The maximum Gasteiger partial charge on any atom is 0.416 e. The van der Waals surface area contributed by atoms with E-state index >= 15 is 0 Å². The number of benzene rings is 1. The quantitative estimate of drug-likeness (QED) is 0.425. The number of pyridine rings is 1. The average Bonchev–Trinajstić information content (AvgIpc) is 3.32. The summed E-state index contributed by atoms with van der Waals surface area (Å²) in [6.07, 6.45) is -2.33. The monoisotopic (exact) mass is 550 g/mol. The van der Waals surface area contributed by atoms with E-state index in [0.29, 0.717) is 25.2 Å². The van der Waals surface area contributed by atoms with Gasteiger partial charge in [-0.25, -0.2) is 19.7 Å². The van der Waals surface area contributed by atoms with Crippen LogP contribution in [-0.4, -0.2) is 69.6 Å². The summed E-state index contributed by atoms with van der Waals surface area (Å²) in [6, 6.07) is 5.52. The third-order valence-corrected chi connectivity index (χ3v) is 6.50. The van der Waals surface area contributed by atoms with E-state index in [2.05, 4.69) is 20.3 Å². The first kappa shape index (κ1) is 25.9. The summed E-state index contributed by atoms with van der Waals surface area (Å²) in [5, 5.41) is 21.0. The van der Waals surface area contributed by atoms with Crippen molar-refractivity contribution in [1.29, 1.82) is 0 Å². The van der Waals surface area contributed by atoms with E-state index in [0.717, 1.165) is 12.1 Å². The predicted molar refractivity (Wildman–Crippen MR) is 132 cm³/mol. The van der Waals surface area contributed by atoms with Gasteiger partial charge in [0.25, 0.3) is 0 Å². The summed E-state index contributed by atoms with van der Waals surface area (Å²) in [5.74, 6) is 0.484. The average molecular weight is 551 g/mol. The minimum absolute atomic E-state index is 0.0147. The van der Waals surface area contributed by atoms with E-state index in [1.807, 2.05) is 4.90 Å². The molecule has 0 radical (unpaired) electrons. The highest BCUT2D eigenvalue weighted by Gasteiger charge is 2.41. The van der Waals surface area contributed by atoms with Crippen molar-refractivity contribution in [2.45, 2.75) is 24.7 Å². The molecule has 1 saturated heterocycles. The number of carbonyl (C=O) groups excluding carboxylic acids is 1. The Morgan fingerprint density at radius 2 is 2.03 bits per heavy atom. The van der Waals surface area contributed by atoms with Crippen molar-refractivity contribution in [2.24, 2.45) is 0 Å². The number of urea groups is 1. The number of hydrogen-bond donors (Lipinski definition) is 3. The van der Waals surface area contributed by atoms with Gasteiger partial charge in [-0.1, -0.05) is 23.7 Å². The third kappa shape index (κ3) is 5.17.